The fourth-order valence-electron chi connectivity index (χ4n) is 2.05. The highest BCUT2D eigenvalue weighted by atomic mass is 16.4. The van der Waals surface area contributed by atoms with Gasteiger partial charge < -0.3 is 5.11 Å². The summed E-state index contributed by atoms with van der Waals surface area (Å²) < 4.78 is 2.84. The minimum Gasteiger partial charge on any atom is -0.476 e. The largest absolute Gasteiger partial charge is 0.476 e. The van der Waals surface area contributed by atoms with Gasteiger partial charge in [-0.05, 0) is 19.1 Å². The van der Waals surface area contributed by atoms with Gasteiger partial charge in [0, 0.05) is 12.3 Å². The number of aromatic nitrogens is 5. The number of hydrogen-bond donors (Lipinski definition) is 1. The highest BCUT2D eigenvalue weighted by Crippen LogP contribution is 2.06. The molecule has 0 atom stereocenters. The van der Waals surface area contributed by atoms with Crippen LogP contribution in [0.2, 0.25) is 0 Å². The summed E-state index contributed by atoms with van der Waals surface area (Å²) in [6, 6.07) is 6.65. The molecule has 106 valence electrons. The van der Waals surface area contributed by atoms with Crippen LogP contribution in [0.5, 0.6) is 0 Å². The van der Waals surface area contributed by atoms with Crippen molar-refractivity contribution in [3.8, 4) is 0 Å². The molecule has 3 heterocycles. The second-order valence-electron chi connectivity index (χ2n) is 4.50. The van der Waals surface area contributed by atoms with Crippen molar-refractivity contribution in [2.45, 2.75) is 13.5 Å². The number of rotatable bonds is 3. The predicted octanol–water partition coefficient (Wildman–Crippen LogP) is 0.341. The Morgan fingerprint density at radius 1 is 1.38 bits per heavy atom. The molecule has 0 amide bonds. The predicted molar refractivity (Wildman–Crippen MR) is 72.3 cm³/mol. The number of carbonyl (C=O) groups is 1. The lowest BCUT2D eigenvalue weighted by atomic mass is 10.3. The van der Waals surface area contributed by atoms with Crippen LogP contribution in [0.3, 0.4) is 0 Å². The average Bonchev–Trinajstić information content (AvgIpc) is 2.80. The molecule has 8 nitrogen and oxygen atoms in total. The van der Waals surface area contributed by atoms with E-state index in [1.54, 1.807) is 31.3 Å². The average molecular weight is 285 g/mol. The zero-order valence-corrected chi connectivity index (χ0v) is 11.1. The van der Waals surface area contributed by atoms with E-state index in [0.29, 0.717) is 17.0 Å². The van der Waals surface area contributed by atoms with Gasteiger partial charge in [0.2, 0.25) is 0 Å². The molecule has 3 aromatic heterocycles. The van der Waals surface area contributed by atoms with Crippen LogP contribution in [0.15, 0.2) is 35.3 Å². The Morgan fingerprint density at radius 3 is 2.90 bits per heavy atom. The van der Waals surface area contributed by atoms with Crippen LogP contribution < -0.4 is 5.56 Å². The van der Waals surface area contributed by atoms with E-state index in [9.17, 15) is 9.59 Å². The van der Waals surface area contributed by atoms with Gasteiger partial charge in [0.05, 0.1) is 17.9 Å². The lowest BCUT2D eigenvalue weighted by Crippen LogP contribution is -2.17. The van der Waals surface area contributed by atoms with Crippen LogP contribution in [0.25, 0.3) is 5.65 Å². The molecule has 0 bridgehead atoms. The van der Waals surface area contributed by atoms with Crippen molar-refractivity contribution in [1.29, 1.82) is 0 Å². The smallest absolute Gasteiger partial charge is 0.358 e. The Morgan fingerprint density at radius 2 is 2.19 bits per heavy atom. The van der Waals surface area contributed by atoms with Gasteiger partial charge in [-0.15, -0.1) is 5.10 Å². The molecule has 3 aromatic rings. The van der Waals surface area contributed by atoms with Gasteiger partial charge in [0.15, 0.2) is 5.69 Å². The first kappa shape index (κ1) is 13.0. The molecule has 0 spiro atoms. The highest BCUT2D eigenvalue weighted by molar-refractivity contribution is 5.86. The number of carboxylic acids is 1. The van der Waals surface area contributed by atoms with Crippen molar-refractivity contribution >= 4 is 11.6 Å². The summed E-state index contributed by atoms with van der Waals surface area (Å²) in [5.41, 5.74) is 1.13. The normalized spacial score (nSPS) is 10.9. The maximum atomic E-state index is 12.0. The molecule has 0 unspecified atom stereocenters. The summed E-state index contributed by atoms with van der Waals surface area (Å²) in [6.45, 7) is 1.80. The SMILES string of the molecule is Cc1c(C(=O)O)nnn1Cc1cc(=O)n2ccccc2n1. The van der Waals surface area contributed by atoms with E-state index in [0.717, 1.165) is 0 Å². The molecule has 1 N–H and O–H groups in total. The van der Waals surface area contributed by atoms with Crippen molar-refractivity contribution < 1.29 is 9.90 Å². The van der Waals surface area contributed by atoms with Crippen LogP contribution >= 0.6 is 0 Å². The van der Waals surface area contributed by atoms with Gasteiger partial charge in [-0.3, -0.25) is 9.20 Å². The first-order chi connectivity index (χ1) is 10.1. The Kier molecular flexibility index (Phi) is 2.98. The Labute approximate surface area is 118 Å². The Hall–Kier alpha value is -3.03. The molecule has 0 aromatic carbocycles. The maximum Gasteiger partial charge on any atom is 0.358 e. The van der Waals surface area contributed by atoms with Gasteiger partial charge >= 0.3 is 5.97 Å². The summed E-state index contributed by atoms with van der Waals surface area (Å²) in [6.07, 6.45) is 1.64. The number of carboxylic acid groups (broad SMARTS) is 1. The second-order valence-corrected chi connectivity index (χ2v) is 4.50. The summed E-state index contributed by atoms with van der Waals surface area (Å²) >= 11 is 0. The van der Waals surface area contributed by atoms with Crippen LogP contribution in [0, 0.1) is 6.92 Å². The minimum atomic E-state index is -1.13. The number of nitrogens with zero attached hydrogens (tertiary/aromatic N) is 5. The summed E-state index contributed by atoms with van der Waals surface area (Å²) in [7, 11) is 0. The molecule has 0 saturated carbocycles. The molecule has 0 aliphatic rings. The fraction of sp³-hybridized carbons (Fsp3) is 0.154. The molecule has 8 heteroatoms. The molecule has 3 rings (SSSR count). The first-order valence-electron chi connectivity index (χ1n) is 6.17. The highest BCUT2D eigenvalue weighted by Gasteiger charge is 2.15. The Balaban J connectivity index is 2.02. The van der Waals surface area contributed by atoms with Gasteiger partial charge in [-0.25, -0.2) is 14.5 Å². The summed E-state index contributed by atoms with van der Waals surface area (Å²) in [4.78, 5) is 27.3. The zero-order chi connectivity index (χ0) is 15.0. The standard InChI is InChI=1S/C13H11N5O3/c1-8-12(13(20)21)15-16-18(8)7-9-6-11(19)17-5-3-2-4-10(17)14-9/h2-6H,7H2,1H3,(H,20,21). The van der Waals surface area contributed by atoms with E-state index in [2.05, 4.69) is 15.3 Å². The van der Waals surface area contributed by atoms with Crippen LogP contribution in [-0.2, 0) is 6.54 Å². The third kappa shape index (κ3) is 2.27. The summed E-state index contributed by atoms with van der Waals surface area (Å²) in [5.74, 6) is -1.13. The van der Waals surface area contributed by atoms with Gasteiger partial charge in [-0.1, -0.05) is 11.3 Å². The van der Waals surface area contributed by atoms with Crippen molar-refractivity contribution in [2.24, 2.45) is 0 Å². The molecule has 0 saturated heterocycles. The van der Waals surface area contributed by atoms with Crippen molar-refractivity contribution in [3.63, 3.8) is 0 Å². The van der Waals surface area contributed by atoms with Gasteiger partial charge in [0.1, 0.15) is 5.65 Å². The molecule has 21 heavy (non-hydrogen) atoms. The van der Waals surface area contributed by atoms with E-state index < -0.39 is 5.97 Å². The van der Waals surface area contributed by atoms with Crippen molar-refractivity contribution in [2.75, 3.05) is 0 Å². The third-order valence-corrected chi connectivity index (χ3v) is 3.12. The number of pyridine rings is 1. The molecular formula is C13H11N5O3. The van der Waals surface area contributed by atoms with E-state index >= 15 is 0 Å². The van der Waals surface area contributed by atoms with Crippen molar-refractivity contribution in [3.05, 3.63) is 57.9 Å². The van der Waals surface area contributed by atoms with E-state index in [1.165, 1.54) is 15.1 Å². The van der Waals surface area contributed by atoms with Gasteiger partial charge in [0.25, 0.3) is 5.56 Å². The third-order valence-electron chi connectivity index (χ3n) is 3.12. The number of hydrogen-bond acceptors (Lipinski definition) is 5. The van der Waals surface area contributed by atoms with Crippen LogP contribution in [0.1, 0.15) is 21.9 Å². The van der Waals surface area contributed by atoms with E-state index in [1.807, 2.05) is 0 Å². The first-order valence-corrected chi connectivity index (χ1v) is 6.17. The maximum absolute atomic E-state index is 12.0. The molecule has 0 radical (unpaired) electrons. The lowest BCUT2D eigenvalue weighted by molar-refractivity contribution is 0.0689. The number of aromatic carboxylic acids is 1. The van der Waals surface area contributed by atoms with Crippen LogP contribution in [-0.4, -0.2) is 35.5 Å². The van der Waals surface area contributed by atoms with Gasteiger partial charge in [-0.2, -0.15) is 0 Å². The fourth-order valence-corrected chi connectivity index (χ4v) is 2.05. The Bertz CT molecular complexity index is 896. The molecular weight excluding hydrogens is 274 g/mol. The van der Waals surface area contributed by atoms with Crippen LogP contribution in [0.4, 0.5) is 0 Å². The van der Waals surface area contributed by atoms with E-state index in [-0.39, 0.29) is 17.8 Å². The lowest BCUT2D eigenvalue weighted by Gasteiger charge is -2.05. The summed E-state index contributed by atoms with van der Waals surface area (Å²) in [5, 5.41) is 16.3. The van der Waals surface area contributed by atoms with Crippen molar-refractivity contribution in [1.82, 2.24) is 24.4 Å². The minimum absolute atomic E-state index is 0.104. The monoisotopic (exact) mass is 285 g/mol. The molecule has 0 aliphatic heterocycles. The molecule has 0 aliphatic carbocycles. The molecule has 0 fully saturated rings. The number of fused-ring (bicyclic) bond motifs is 1. The zero-order valence-electron chi connectivity index (χ0n) is 11.1. The topological polar surface area (TPSA) is 102 Å². The quantitative estimate of drug-likeness (QED) is 0.744. The second kappa shape index (κ2) is 4.82. The van der Waals surface area contributed by atoms with E-state index in [4.69, 9.17) is 5.11 Å².